The summed E-state index contributed by atoms with van der Waals surface area (Å²) in [5, 5.41) is 8.51. The number of nitrogens with two attached hydrogens (primary N) is 1. The van der Waals surface area contributed by atoms with E-state index in [2.05, 4.69) is 9.68 Å². The third kappa shape index (κ3) is 4.27. The monoisotopic (exact) mass is 302 g/mol. The summed E-state index contributed by atoms with van der Waals surface area (Å²) in [6.45, 7) is 0. The molecule has 0 saturated heterocycles. The summed E-state index contributed by atoms with van der Waals surface area (Å²) in [7, 11) is -3.68. The predicted octanol–water partition coefficient (Wildman–Crippen LogP) is 2.68. The quantitative estimate of drug-likeness (QED) is 0.788. The molecule has 3 rings (SSSR count). The molecule has 1 heterocycles. The topological polar surface area (TPSA) is 86.2 Å². The molecule has 0 unspecified atom stereocenters. The summed E-state index contributed by atoms with van der Waals surface area (Å²) >= 11 is 0. The predicted molar refractivity (Wildman–Crippen MR) is 79.8 cm³/mol. The Balaban J connectivity index is 0.000000272. The lowest BCUT2D eigenvalue weighted by Crippen LogP contribution is -2.13. The molecule has 5 nitrogen and oxygen atoms in total. The highest BCUT2D eigenvalue weighted by Gasteiger charge is 2.13. The van der Waals surface area contributed by atoms with Crippen LogP contribution in [0.25, 0.3) is 11.1 Å². The maximum absolute atomic E-state index is 11.4. The fourth-order valence-corrected chi connectivity index (χ4v) is 2.51. The van der Waals surface area contributed by atoms with Gasteiger partial charge in [-0.05, 0) is 17.7 Å². The van der Waals surface area contributed by atoms with Gasteiger partial charge in [0.05, 0.1) is 11.1 Å². The van der Waals surface area contributed by atoms with Crippen molar-refractivity contribution >= 4 is 10.0 Å². The second-order valence-electron chi connectivity index (χ2n) is 4.10. The fraction of sp³-hybridized carbons (Fsp3) is 0. The first kappa shape index (κ1) is 15.0. The van der Waals surface area contributed by atoms with Gasteiger partial charge in [-0.1, -0.05) is 53.7 Å². The average Bonchev–Trinajstić information content (AvgIpc) is 3.07. The Morgan fingerprint density at radius 2 is 1.57 bits per heavy atom. The highest BCUT2D eigenvalue weighted by atomic mass is 32.2. The molecule has 0 spiro atoms. The maximum atomic E-state index is 11.4. The molecule has 0 radical (unpaired) electrons. The highest BCUT2D eigenvalue weighted by Crippen LogP contribution is 2.25. The van der Waals surface area contributed by atoms with Crippen LogP contribution in [0.15, 0.2) is 82.5 Å². The van der Waals surface area contributed by atoms with E-state index in [1.807, 2.05) is 30.3 Å². The van der Waals surface area contributed by atoms with Gasteiger partial charge < -0.3 is 4.52 Å². The first-order chi connectivity index (χ1) is 10.1. The number of nitrogens with zero attached hydrogens (tertiary/aromatic N) is 1. The third-order valence-electron chi connectivity index (χ3n) is 2.63. The van der Waals surface area contributed by atoms with E-state index in [0.717, 1.165) is 5.56 Å². The summed E-state index contributed by atoms with van der Waals surface area (Å²) in [5.41, 5.74) is 1.47. The van der Waals surface area contributed by atoms with Crippen molar-refractivity contribution in [3.05, 3.63) is 73.1 Å². The average molecular weight is 302 g/mol. The van der Waals surface area contributed by atoms with Gasteiger partial charge in [0, 0.05) is 5.56 Å². The summed E-state index contributed by atoms with van der Waals surface area (Å²) in [6.07, 6.45) is 3.10. The summed E-state index contributed by atoms with van der Waals surface area (Å²) in [4.78, 5) is 0.154. The van der Waals surface area contributed by atoms with Crippen LogP contribution in [0.4, 0.5) is 0 Å². The fourth-order valence-electron chi connectivity index (χ4n) is 1.75. The molecule has 0 aliphatic heterocycles. The Morgan fingerprint density at radius 1 is 0.905 bits per heavy atom. The number of benzene rings is 2. The number of hydrogen-bond acceptors (Lipinski definition) is 4. The van der Waals surface area contributed by atoms with Gasteiger partial charge in [0.2, 0.25) is 10.0 Å². The van der Waals surface area contributed by atoms with Crippen molar-refractivity contribution in [1.82, 2.24) is 5.16 Å². The maximum Gasteiger partial charge on any atom is 0.238 e. The number of hydrogen-bond donors (Lipinski definition) is 1. The molecule has 0 aliphatic rings. The Morgan fingerprint density at radius 3 is 2.10 bits per heavy atom. The normalized spacial score (nSPS) is 10.5. The van der Waals surface area contributed by atoms with Crippen LogP contribution in [0.3, 0.4) is 0 Å². The molecule has 2 aromatic carbocycles. The SMILES string of the molecule is NS(=O)(=O)c1ccccc1-c1ccccc1.c1cnoc1. The minimum atomic E-state index is -3.68. The second kappa shape index (κ2) is 6.83. The van der Waals surface area contributed by atoms with Crippen molar-refractivity contribution in [1.29, 1.82) is 0 Å². The lowest BCUT2D eigenvalue weighted by atomic mass is 10.1. The van der Waals surface area contributed by atoms with Gasteiger partial charge in [0.15, 0.2) is 0 Å². The van der Waals surface area contributed by atoms with E-state index in [0.29, 0.717) is 5.56 Å². The zero-order valence-electron chi connectivity index (χ0n) is 11.1. The van der Waals surface area contributed by atoms with Crippen LogP contribution in [0.1, 0.15) is 0 Å². The van der Waals surface area contributed by atoms with Crippen LogP contribution in [-0.4, -0.2) is 13.6 Å². The smallest absolute Gasteiger partial charge is 0.238 e. The first-order valence-corrected chi connectivity index (χ1v) is 7.65. The summed E-state index contributed by atoms with van der Waals surface area (Å²) in [6, 6.07) is 17.7. The molecule has 0 fully saturated rings. The van der Waals surface area contributed by atoms with E-state index >= 15 is 0 Å². The van der Waals surface area contributed by atoms with Crippen LogP contribution in [0.2, 0.25) is 0 Å². The molecule has 0 bridgehead atoms. The van der Waals surface area contributed by atoms with Gasteiger partial charge in [0.1, 0.15) is 6.26 Å². The standard InChI is InChI=1S/C12H11NO2S.C3H3NO/c13-16(14,15)12-9-5-4-8-11(12)10-6-2-1-3-7-10;1-2-4-5-3-1/h1-9H,(H2,13,14,15);1-3H. The second-order valence-corrected chi connectivity index (χ2v) is 5.63. The van der Waals surface area contributed by atoms with Crippen molar-refractivity contribution in [3.63, 3.8) is 0 Å². The first-order valence-electron chi connectivity index (χ1n) is 6.10. The van der Waals surface area contributed by atoms with Gasteiger partial charge >= 0.3 is 0 Å². The van der Waals surface area contributed by atoms with Crippen LogP contribution in [0, 0.1) is 0 Å². The van der Waals surface area contributed by atoms with Gasteiger partial charge in [-0.15, -0.1) is 0 Å². The Hall–Kier alpha value is -2.44. The van der Waals surface area contributed by atoms with E-state index in [4.69, 9.17) is 5.14 Å². The summed E-state index contributed by atoms with van der Waals surface area (Å²) < 4.78 is 27.1. The van der Waals surface area contributed by atoms with Gasteiger partial charge in [-0.25, -0.2) is 13.6 Å². The minimum absolute atomic E-state index is 0.154. The van der Waals surface area contributed by atoms with Crippen LogP contribution in [0.5, 0.6) is 0 Å². The lowest BCUT2D eigenvalue weighted by molar-refractivity contribution is 0.420. The molecule has 0 atom stereocenters. The van der Waals surface area contributed by atoms with E-state index in [1.165, 1.54) is 12.3 Å². The zero-order valence-corrected chi connectivity index (χ0v) is 11.9. The Labute approximate surface area is 123 Å². The van der Waals surface area contributed by atoms with Crippen molar-refractivity contribution in [2.24, 2.45) is 5.14 Å². The number of primary sulfonamides is 1. The van der Waals surface area contributed by atoms with Gasteiger partial charge in [-0.2, -0.15) is 0 Å². The van der Waals surface area contributed by atoms with E-state index < -0.39 is 10.0 Å². The number of sulfonamides is 1. The highest BCUT2D eigenvalue weighted by molar-refractivity contribution is 7.89. The molecule has 0 aliphatic carbocycles. The van der Waals surface area contributed by atoms with Crippen LogP contribution in [-0.2, 0) is 10.0 Å². The van der Waals surface area contributed by atoms with Crippen molar-refractivity contribution in [2.75, 3.05) is 0 Å². The van der Waals surface area contributed by atoms with E-state index in [9.17, 15) is 8.42 Å². The van der Waals surface area contributed by atoms with Crippen molar-refractivity contribution in [2.45, 2.75) is 4.90 Å². The molecule has 3 aromatic rings. The molecule has 0 amide bonds. The molecule has 108 valence electrons. The third-order valence-corrected chi connectivity index (χ3v) is 3.59. The minimum Gasteiger partial charge on any atom is -0.365 e. The van der Waals surface area contributed by atoms with E-state index in [-0.39, 0.29) is 4.90 Å². The molecular weight excluding hydrogens is 288 g/mol. The molecular formula is C15H14N2O3S. The van der Waals surface area contributed by atoms with E-state index in [1.54, 1.807) is 30.5 Å². The lowest BCUT2D eigenvalue weighted by Gasteiger charge is -2.07. The molecule has 2 N–H and O–H groups in total. The number of rotatable bonds is 2. The Kier molecular flexibility index (Phi) is 4.86. The van der Waals surface area contributed by atoms with Crippen LogP contribution < -0.4 is 5.14 Å². The van der Waals surface area contributed by atoms with Crippen molar-refractivity contribution in [3.8, 4) is 11.1 Å². The largest absolute Gasteiger partial charge is 0.365 e. The molecule has 1 aromatic heterocycles. The molecule has 0 saturated carbocycles. The molecule has 21 heavy (non-hydrogen) atoms. The number of aromatic nitrogens is 1. The summed E-state index contributed by atoms with van der Waals surface area (Å²) in [5.74, 6) is 0. The van der Waals surface area contributed by atoms with Gasteiger partial charge in [-0.3, -0.25) is 0 Å². The Bertz CT molecular complexity index is 752. The molecule has 6 heteroatoms. The van der Waals surface area contributed by atoms with Crippen LogP contribution >= 0.6 is 0 Å². The van der Waals surface area contributed by atoms with Gasteiger partial charge in [0.25, 0.3) is 0 Å². The van der Waals surface area contributed by atoms with Crippen molar-refractivity contribution < 1.29 is 12.9 Å². The zero-order chi connectivity index (χ0) is 15.1.